The van der Waals surface area contributed by atoms with Gasteiger partial charge in [-0.1, -0.05) is 30.3 Å². The lowest BCUT2D eigenvalue weighted by atomic mass is 10.1. The zero-order valence-corrected chi connectivity index (χ0v) is 84.5. The summed E-state index contributed by atoms with van der Waals surface area (Å²) in [6.07, 6.45) is 6.94. The van der Waals surface area contributed by atoms with Gasteiger partial charge in [-0.25, -0.2) is 0 Å². The van der Waals surface area contributed by atoms with Crippen LogP contribution in [0.2, 0.25) is 0 Å². The monoisotopic (exact) mass is 2020 g/mol. The molecule has 0 aliphatic carbocycles. The molecule has 822 valence electrons. The lowest BCUT2D eigenvalue weighted by molar-refractivity contribution is -0.0326. The van der Waals surface area contributed by atoms with Crippen molar-refractivity contribution < 1.29 is 195 Å². The molecule has 2 aromatic rings. The molecule has 41 nitrogen and oxygen atoms in total. The molecule has 0 spiro atoms. The number of benzene rings is 2. The number of ether oxygens (including phenoxy) is 40. The molecule has 0 unspecified atom stereocenters. The van der Waals surface area contributed by atoms with E-state index in [1.165, 1.54) is 10.8 Å². The van der Waals surface area contributed by atoms with Crippen LogP contribution in [0.4, 0.5) is 0 Å². The van der Waals surface area contributed by atoms with Crippen molar-refractivity contribution in [2.24, 2.45) is 0 Å². The molecule has 0 aliphatic heterocycles. The zero-order valence-electron chi connectivity index (χ0n) is 84.5. The molecule has 0 atom stereocenters. The van der Waals surface area contributed by atoms with Crippen LogP contribution in [0, 0.1) is 0 Å². The highest BCUT2D eigenvalue weighted by Crippen LogP contribution is 2.21. The van der Waals surface area contributed by atoms with Crippen LogP contribution in [-0.4, -0.2) is 534 Å². The van der Waals surface area contributed by atoms with E-state index in [-0.39, 0.29) is 6.61 Å². The third-order valence-electron chi connectivity index (χ3n) is 18.2. The standard InChI is InChI=1S/C98H184O41/c99-15-32-108-34-36-110-38-40-112-42-44-114-46-48-116-50-52-118-54-56-120-58-60-122-62-64-124-66-68-126-70-72-128-74-76-130-78-80-132-82-84-134-86-88-136-90-92-138-94-93-137-91-89-135-87-85-133-83-81-131-79-77-129-75-73-127-71-69-125-67-65-123-63-61-121-59-57-119-55-53-117-51-49-115-47-45-113-43-41-111-39-37-109-35-33-107-29-9-28-105-25-7-24-103-21-5-20-101-17-3-16-100-18-4-19-102-22-6-23-104-26-8-27-106-30-10-31-139-98-14-13-96-11-1-2-12-97(96)95-98/h1-2,11-14,95,99H,3-10,15-94H2. The van der Waals surface area contributed by atoms with Crippen molar-refractivity contribution in [3.8, 4) is 5.75 Å². The number of fused-ring (bicyclic) bond motifs is 1. The van der Waals surface area contributed by atoms with E-state index < -0.39 is 0 Å². The number of aliphatic hydroxyl groups is 1. The average Bonchev–Trinajstić information content (AvgIpc) is 0.845. The Kier molecular flexibility index (Phi) is 116. The Balaban J connectivity index is 1.07. The third kappa shape index (κ3) is 112. The minimum Gasteiger partial charge on any atom is -0.493 e. The molecule has 139 heavy (non-hydrogen) atoms. The molecule has 0 saturated heterocycles. The first-order valence-corrected chi connectivity index (χ1v) is 50.6. The van der Waals surface area contributed by atoms with Gasteiger partial charge in [0.2, 0.25) is 0 Å². The smallest absolute Gasteiger partial charge is 0.119 e. The molecule has 0 radical (unpaired) electrons. The summed E-state index contributed by atoms with van der Waals surface area (Å²) in [4.78, 5) is 0. The molecule has 0 aliphatic rings. The molecule has 2 rings (SSSR count). The Morgan fingerprint density at radius 2 is 0.230 bits per heavy atom. The Morgan fingerprint density at radius 3 is 0.374 bits per heavy atom. The summed E-state index contributed by atoms with van der Waals surface area (Å²) in [5.41, 5.74) is 0. The van der Waals surface area contributed by atoms with Gasteiger partial charge >= 0.3 is 0 Å². The van der Waals surface area contributed by atoms with Crippen molar-refractivity contribution in [1.82, 2.24) is 0 Å². The molecule has 0 heterocycles. The summed E-state index contributed by atoms with van der Waals surface area (Å²) in [6.45, 7) is 41.0. The Bertz CT molecular complexity index is 2410. The summed E-state index contributed by atoms with van der Waals surface area (Å²) in [6, 6.07) is 14.5. The minimum absolute atomic E-state index is 0.0148. The predicted octanol–water partition coefficient (Wildman–Crippen LogP) is 5.98. The van der Waals surface area contributed by atoms with Crippen LogP contribution in [0.5, 0.6) is 5.75 Å². The van der Waals surface area contributed by atoms with Crippen LogP contribution < -0.4 is 4.74 Å². The summed E-state index contributed by atoms with van der Waals surface area (Å²) in [5.74, 6) is 0.896. The first-order chi connectivity index (χ1) is 69.4. The van der Waals surface area contributed by atoms with E-state index in [0.717, 1.165) is 57.1 Å². The van der Waals surface area contributed by atoms with Gasteiger partial charge in [-0.3, -0.25) is 0 Å². The SMILES string of the molecule is OCCOCCOCCOCCOCCOCCOCCOCCOCCOCCOCCOCCOCCOCCOCCOCCOCCOCCOCCOCCOCCOCCOCCOCCOCCOCCOCCOCCOCCOCCOCCOCCOCCCOCCCOCCCOCCCOCCCOCCCOCCCOCCCOc1ccc2ccccc2c1. The van der Waals surface area contributed by atoms with Crippen molar-refractivity contribution in [3.05, 3.63) is 42.5 Å². The lowest BCUT2D eigenvalue weighted by Gasteiger charge is -2.09. The Morgan fingerprint density at radius 1 is 0.115 bits per heavy atom. The molecule has 0 fully saturated rings. The fourth-order valence-electron chi connectivity index (χ4n) is 11.1. The van der Waals surface area contributed by atoms with Crippen LogP contribution in [0.1, 0.15) is 51.4 Å². The van der Waals surface area contributed by atoms with E-state index in [4.69, 9.17) is 195 Å². The van der Waals surface area contributed by atoms with E-state index in [9.17, 15) is 0 Å². The molecule has 0 saturated carbocycles. The summed E-state index contributed by atoms with van der Waals surface area (Å²) in [7, 11) is 0. The van der Waals surface area contributed by atoms with Gasteiger partial charge < -0.3 is 195 Å². The van der Waals surface area contributed by atoms with Gasteiger partial charge in [0.25, 0.3) is 0 Å². The van der Waals surface area contributed by atoms with Crippen molar-refractivity contribution in [3.63, 3.8) is 0 Å². The second kappa shape index (κ2) is 122. The molecule has 0 amide bonds. The quantitative estimate of drug-likeness (QED) is 0.0744. The molecule has 41 heteroatoms. The Hall–Kier alpha value is -3.10. The fraction of sp³-hybridized carbons (Fsp3) is 0.898. The van der Waals surface area contributed by atoms with Gasteiger partial charge in [-0.15, -0.1) is 0 Å². The maximum Gasteiger partial charge on any atom is 0.119 e. The normalized spacial score (nSPS) is 11.8. The molecule has 0 bridgehead atoms. The highest BCUT2D eigenvalue weighted by Gasteiger charge is 2.07. The maximum atomic E-state index is 8.63. The predicted molar refractivity (Wildman–Crippen MR) is 515 cm³/mol. The van der Waals surface area contributed by atoms with Gasteiger partial charge in [-0.05, 0) is 67.9 Å². The van der Waals surface area contributed by atoms with Crippen molar-refractivity contribution in [2.75, 3.05) is 529 Å². The van der Waals surface area contributed by atoms with E-state index in [0.29, 0.717) is 522 Å². The number of hydrogen-bond acceptors (Lipinski definition) is 41. The van der Waals surface area contributed by atoms with Gasteiger partial charge in [-0.2, -0.15) is 0 Å². The van der Waals surface area contributed by atoms with Gasteiger partial charge in [0.1, 0.15) is 5.75 Å². The number of hydrogen-bond donors (Lipinski definition) is 1. The topological polar surface area (TPSA) is 389 Å². The largest absolute Gasteiger partial charge is 0.493 e. The molecule has 1 N–H and O–H groups in total. The molecule has 0 aromatic heterocycles. The van der Waals surface area contributed by atoms with E-state index in [2.05, 4.69) is 24.3 Å². The van der Waals surface area contributed by atoms with Gasteiger partial charge in [0.15, 0.2) is 0 Å². The zero-order chi connectivity index (χ0) is 98.2. The summed E-state index contributed by atoms with van der Waals surface area (Å²) in [5, 5.41) is 11.0. The van der Waals surface area contributed by atoms with Crippen LogP contribution in [0.25, 0.3) is 10.8 Å². The maximum absolute atomic E-state index is 8.63. The first-order valence-electron chi connectivity index (χ1n) is 50.6. The van der Waals surface area contributed by atoms with E-state index in [1.807, 2.05) is 18.2 Å². The van der Waals surface area contributed by atoms with Crippen molar-refractivity contribution in [1.29, 1.82) is 0 Å². The van der Waals surface area contributed by atoms with Crippen molar-refractivity contribution in [2.45, 2.75) is 51.4 Å². The second-order valence-corrected chi connectivity index (χ2v) is 29.8. The lowest BCUT2D eigenvalue weighted by Crippen LogP contribution is -2.16. The van der Waals surface area contributed by atoms with E-state index in [1.54, 1.807) is 0 Å². The van der Waals surface area contributed by atoms with Crippen LogP contribution in [0.15, 0.2) is 42.5 Å². The summed E-state index contributed by atoms with van der Waals surface area (Å²) < 4.78 is 223. The minimum atomic E-state index is 0.0148. The van der Waals surface area contributed by atoms with Gasteiger partial charge in [0.05, 0.1) is 429 Å². The van der Waals surface area contributed by atoms with Crippen LogP contribution >= 0.6 is 0 Å². The fourth-order valence-corrected chi connectivity index (χ4v) is 11.1. The molecular weight excluding hydrogens is 1830 g/mol. The highest BCUT2D eigenvalue weighted by molar-refractivity contribution is 5.83. The number of aliphatic hydroxyl groups excluding tert-OH is 1. The summed E-state index contributed by atoms with van der Waals surface area (Å²) >= 11 is 0. The first kappa shape index (κ1) is 132. The molecule has 2 aromatic carbocycles. The van der Waals surface area contributed by atoms with Crippen molar-refractivity contribution >= 4 is 10.8 Å². The second-order valence-electron chi connectivity index (χ2n) is 29.8. The van der Waals surface area contributed by atoms with Crippen LogP contribution in [0.3, 0.4) is 0 Å². The van der Waals surface area contributed by atoms with Crippen LogP contribution in [-0.2, 0) is 185 Å². The molecular formula is C98H184O41. The van der Waals surface area contributed by atoms with E-state index >= 15 is 0 Å². The number of rotatable bonds is 128. The van der Waals surface area contributed by atoms with Gasteiger partial charge in [0, 0.05) is 106 Å². The Labute approximate surface area is 830 Å². The average molecular weight is 2020 g/mol. The highest BCUT2D eigenvalue weighted by atomic mass is 16.6. The third-order valence-corrected chi connectivity index (χ3v) is 18.2.